The standard InChI is InChI=1S/C24H28N4O3/c29-22(26-16-18-4-3-11-25-15-18)8-7-17-9-12-28(13-10-17)23(30)14-21-19-5-1-2-6-20(19)24(31)27-21/h1-6,11,15,17,21H,7-10,12-14,16H2,(H,26,29)(H,27,31). The van der Waals surface area contributed by atoms with Crippen LogP contribution in [-0.2, 0) is 16.1 Å². The van der Waals surface area contributed by atoms with Crippen LogP contribution in [-0.4, -0.2) is 40.7 Å². The van der Waals surface area contributed by atoms with Gasteiger partial charge in [-0.3, -0.25) is 19.4 Å². The molecule has 2 aliphatic rings. The van der Waals surface area contributed by atoms with E-state index in [0.29, 0.717) is 44.0 Å². The summed E-state index contributed by atoms with van der Waals surface area (Å²) in [5, 5.41) is 5.86. The van der Waals surface area contributed by atoms with E-state index in [0.717, 1.165) is 30.4 Å². The van der Waals surface area contributed by atoms with Crippen LogP contribution < -0.4 is 10.6 Å². The Bertz CT molecular complexity index is 939. The first-order valence-electron chi connectivity index (χ1n) is 10.9. The Hall–Kier alpha value is -3.22. The maximum atomic E-state index is 12.8. The molecule has 1 unspecified atom stereocenters. The van der Waals surface area contributed by atoms with E-state index in [2.05, 4.69) is 15.6 Å². The number of aromatic nitrogens is 1. The molecule has 0 saturated carbocycles. The summed E-state index contributed by atoms with van der Waals surface area (Å²) in [6.07, 6.45) is 6.93. The summed E-state index contributed by atoms with van der Waals surface area (Å²) < 4.78 is 0. The molecule has 2 aliphatic heterocycles. The van der Waals surface area contributed by atoms with Crippen LogP contribution in [0, 0.1) is 5.92 Å². The highest BCUT2D eigenvalue weighted by Gasteiger charge is 2.32. The summed E-state index contributed by atoms with van der Waals surface area (Å²) in [6, 6.07) is 11.0. The number of hydrogen-bond donors (Lipinski definition) is 2. The Balaban J connectivity index is 1.17. The molecule has 0 aliphatic carbocycles. The number of carbonyl (C=O) groups is 3. The van der Waals surface area contributed by atoms with E-state index in [1.165, 1.54) is 0 Å². The van der Waals surface area contributed by atoms with E-state index < -0.39 is 0 Å². The van der Waals surface area contributed by atoms with Crippen molar-refractivity contribution in [2.24, 2.45) is 5.92 Å². The minimum absolute atomic E-state index is 0.0537. The number of benzene rings is 1. The highest BCUT2D eigenvalue weighted by molar-refractivity contribution is 5.99. The third-order valence-corrected chi connectivity index (χ3v) is 6.22. The van der Waals surface area contributed by atoms with Gasteiger partial charge in [-0.15, -0.1) is 0 Å². The van der Waals surface area contributed by atoms with Crippen molar-refractivity contribution < 1.29 is 14.4 Å². The molecular weight excluding hydrogens is 392 g/mol. The van der Waals surface area contributed by atoms with E-state index in [9.17, 15) is 14.4 Å². The second-order valence-corrected chi connectivity index (χ2v) is 8.32. The summed E-state index contributed by atoms with van der Waals surface area (Å²) in [4.78, 5) is 42.9. The lowest BCUT2D eigenvalue weighted by atomic mass is 9.91. The molecule has 0 bridgehead atoms. The summed E-state index contributed by atoms with van der Waals surface area (Å²) in [5.74, 6) is 0.488. The van der Waals surface area contributed by atoms with Gasteiger partial charge in [0.25, 0.3) is 5.91 Å². The molecule has 7 nitrogen and oxygen atoms in total. The van der Waals surface area contributed by atoms with E-state index in [-0.39, 0.29) is 23.8 Å². The topological polar surface area (TPSA) is 91.4 Å². The van der Waals surface area contributed by atoms with Gasteiger partial charge in [-0.2, -0.15) is 0 Å². The number of hydrogen-bond acceptors (Lipinski definition) is 4. The maximum Gasteiger partial charge on any atom is 0.252 e. The quantitative estimate of drug-likeness (QED) is 0.720. The monoisotopic (exact) mass is 420 g/mol. The van der Waals surface area contributed by atoms with Crippen molar-refractivity contribution >= 4 is 17.7 Å². The first-order chi connectivity index (χ1) is 15.1. The minimum Gasteiger partial charge on any atom is -0.352 e. The van der Waals surface area contributed by atoms with Crippen molar-refractivity contribution in [3.8, 4) is 0 Å². The molecule has 1 atom stereocenters. The van der Waals surface area contributed by atoms with Crippen molar-refractivity contribution in [2.45, 2.75) is 44.7 Å². The lowest BCUT2D eigenvalue weighted by Crippen LogP contribution is -2.40. The van der Waals surface area contributed by atoms with Gasteiger partial charge in [0.15, 0.2) is 0 Å². The number of rotatable bonds is 7. The molecule has 162 valence electrons. The van der Waals surface area contributed by atoms with Crippen LogP contribution in [0.4, 0.5) is 0 Å². The van der Waals surface area contributed by atoms with Crippen LogP contribution in [0.2, 0.25) is 0 Å². The maximum absolute atomic E-state index is 12.8. The van der Waals surface area contributed by atoms with Crippen molar-refractivity contribution in [2.75, 3.05) is 13.1 Å². The van der Waals surface area contributed by atoms with Gasteiger partial charge >= 0.3 is 0 Å². The molecule has 0 radical (unpaired) electrons. The molecule has 1 saturated heterocycles. The highest BCUT2D eigenvalue weighted by atomic mass is 16.2. The number of pyridine rings is 1. The van der Waals surface area contributed by atoms with Crippen LogP contribution in [0.15, 0.2) is 48.8 Å². The molecule has 2 N–H and O–H groups in total. The molecule has 2 aromatic rings. The summed E-state index contributed by atoms with van der Waals surface area (Å²) in [6.45, 7) is 1.92. The van der Waals surface area contributed by atoms with Crippen molar-refractivity contribution in [3.05, 3.63) is 65.5 Å². The average Bonchev–Trinajstić information content (AvgIpc) is 3.12. The summed E-state index contributed by atoms with van der Waals surface area (Å²) >= 11 is 0. The first kappa shape index (κ1) is 21.0. The van der Waals surface area contributed by atoms with Gasteiger partial charge < -0.3 is 15.5 Å². The Labute approximate surface area is 182 Å². The van der Waals surface area contributed by atoms with Crippen LogP contribution >= 0.6 is 0 Å². The first-order valence-corrected chi connectivity index (χ1v) is 10.9. The Morgan fingerprint density at radius 3 is 2.71 bits per heavy atom. The van der Waals surface area contributed by atoms with E-state index in [1.54, 1.807) is 18.5 Å². The van der Waals surface area contributed by atoms with Crippen molar-refractivity contribution in [3.63, 3.8) is 0 Å². The molecule has 1 aromatic carbocycles. The number of amides is 3. The molecule has 1 aromatic heterocycles. The highest BCUT2D eigenvalue weighted by Crippen LogP contribution is 2.29. The minimum atomic E-state index is -0.238. The van der Waals surface area contributed by atoms with Crippen molar-refractivity contribution in [1.29, 1.82) is 0 Å². The zero-order valence-corrected chi connectivity index (χ0v) is 17.5. The van der Waals surface area contributed by atoms with E-state index in [1.807, 2.05) is 35.2 Å². The predicted molar refractivity (Wildman–Crippen MR) is 116 cm³/mol. The summed E-state index contributed by atoms with van der Waals surface area (Å²) in [7, 11) is 0. The number of carbonyl (C=O) groups excluding carboxylic acids is 3. The third kappa shape index (κ3) is 5.29. The largest absolute Gasteiger partial charge is 0.352 e. The van der Waals surface area contributed by atoms with Gasteiger partial charge in [-0.05, 0) is 48.4 Å². The zero-order valence-electron chi connectivity index (χ0n) is 17.5. The molecule has 1 fully saturated rings. The molecule has 3 amide bonds. The molecule has 3 heterocycles. The fraction of sp³-hybridized carbons (Fsp3) is 0.417. The fourth-order valence-electron chi connectivity index (χ4n) is 4.38. The Morgan fingerprint density at radius 2 is 1.94 bits per heavy atom. The second-order valence-electron chi connectivity index (χ2n) is 8.32. The predicted octanol–water partition coefficient (Wildman–Crippen LogP) is 2.59. The molecule has 7 heteroatoms. The third-order valence-electron chi connectivity index (χ3n) is 6.22. The average molecular weight is 421 g/mol. The normalized spacial score (nSPS) is 18.4. The number of likely N-dealkylation sites (tertiary alicyclic amines) is 1. The van der Waals surface area contributed by atoms with Crippen LogP contribution in [0.5, 0.6) is 0 Å². The smallest absolute Gasteiger partial charge is 0.252 e. The van der Waals surface area contributed by atoms with Gasteiger partial charge in [-0.1, -0.05) is 24.3 Å². The lowest BCUT2D eigenvalue weighted by Gasteiger charge is -2.32. The van der Waals surface area contributed by atoms with E-state index >= 15 is 0 Å². The second kappa shape index (κ2) is 9.73. The van der Waals surface area contributed by atoms with Gasteiger partial charge in [0, 0.05) is 44.0 Å². The lowest BCUT2D eigenvalue weighted by molar-refractivity contribution is -0.133. The van der Waals surface area contributed by atoms with Crippen LogP contribution in [0.25, 0.3) is 0 Å². The molecule has 0 spiro atoms. The van der Waals surface area contributed by atoms with Gasteiger partial charge in [0.05, 0.1) is 12.5 Å². The number of piperidine rings is 1. The van der Waals surface area contributed by atoms with E-state index in [4.69, 9.17) is 0 Å². The van der Waals surface area contributed by atoms with Gasteiger partial charge in [0.2, 0.25) is 11.8 Å². The molecule has 4 rings (SSSR count). The molecular formula is C24H28N4O3. The molecule has 31 heavy (non-hydrogen) atoms. The SMILES string of the molecule is O=C(CCC1CCN(C(=O)CC2NC(=O)c3ccccc32)CC1)NCc1cccnc1. The number of nitrogens with one attached hydrogen (secondary N) is 2. The van der Waals surface area contributed by atoms with Crippen LogP contribution in [0.1, 0.15) is 59.6 Å². The zero-order chi connectivity index (χ0) is 21.6. The number of nitrogens with zero attached hydrogens (tertiary/aromatic N) is 2. The van der Waals surface area contributed by atoms with Gasteiger partial charge in [-0.25, -0.2) is 0 Å². The summed E-state index contributed by atoms with van der Waals surface area (Å²) in [5.41, 5.74) is 2.57. The fourth-order valence-corrected chi connectivity index (χ4v) is 4.38. The number of fused-ring (bicyclic) bond motifs is 1. The Kier molecular flexibility index (Phi) is 6.60. The van der Waals surface area contributed by atoms with Crippen LogP contribution in [0.3, 0.4) is 0 Å². The Morgan fingerprint density at radius 1 is 1.13 bits per heavy atom. The van der Waals surface area contributed by atoms with Crippen molar-refractivity contribution in [1.82, 2.24) is 20.5 Å². The van der Waals surface area contributed by atoms with Gasteiger partial charge in [0.1, 0.15) is 0 Å².